The maximum absolute atomic E-state index is 12.5. The summed E-state index contributed by atoms with van der Waals surface area (Å²) in [7, 11) is -0.465. The van der Waals surface area contributed by atoms with Crippen LogP contribution in [-0.2, 0) is 10.0 Å². The van der Waals surface area contributed by atoms with Gasteiger partial charge in [-0.2, -0.15) is 0 Å². The Bertz CT molecular complexity index is 673. The number of sulfonamides is 1. The summed E-state index contributed by atoms with van der Waals surface area (Å²) in [4.78, 5) is 17.1. The third-order valence-corrected chi connectivity index (χ3v) is 6.37. The minimum Gasteiger partial charge on any atom is -0.336 e. The van der Waals surface area contributed by atoms with E-state index in [0.29, 0.717) is 5.56 Å². The average molecular weight is 337 g/mol. The van der Waals surface area contributed by atoms with Crippen LogP contribution in [0.15, 0.2) is 29.2 Å². The lowest BCUT2D eigenvalue weighted by molar-refractivity contribution is 0.0627. The number of rotatable bonds is 4. The standard InChI is InChI=1S/C16H23N3O3S/c1-17(2)23(21,22)15-7-3-13(4-8-15)16(20)19-11-9-18(10-12-19)14-5-6-14/h3-4,7-8,14H,5-6,9-12H2,1-2H3. The quantitative estimate of drug-likeness (QED) is 0.817. The van der Waals surface area contributed by atoms with Crippen molar-refractivity contribution in [1.82, 2.24) is 14.1 Å². The topological polar surface area (TPSA) is 60.9 Å². The normalized spacial score (nSPS) is 20.0. The monoisotopic (exact) mass is 337 g/mol. The van der Waals surface area contributed by atoms with E-state index < -0.39 is 10.0 Å². The van der Waals surface area contributed by atoms with Crippen molar-refractivity contribution in [3.63, 3.8) is 0 Å². The lowest BCUT2D eigenvalue weighted by Gasteiger charge is -2.34. The summed E-state index contributed by atoms with van der Waals surface area (Å²) in [5, 5.41) is 0. The molecule has 1 saturated heterocycles. The molecule has 1 aliphatic heterocycles. The van der Waals surface area contributed by atoms with Gasteiger partial charge in [0.15, 0.2) is 0 Å². The molecule has 1 aromatic rings. The number of hydrogen-bond acceptors (Lipinski definition) is 4. The summed E-state index contributed by atoms with van der Waals surface area (Å²) in [5.41, 5.74) is 0.544. The summed E-state index contributed by atoms with van der Waals surface area (Å²) >= 11 is 0. The highest BCUT2D eigenvalue weighted by Crippen LogP contribution is 2.27. The van der Waals surface area contributed by atoms with Gasteiger partial charge in [-0.3, -0.25) is 9.69 Å². The Balaban J connectivity index is 1.66. The maximum atomic E-state index is 12.5. The number of piperazine rings is 1. The molecule has 1 saturated carbocycles. The lowest BCUT2D eigenvalue weighted by Crippen LogP contribution is -2.49. The van der Waals surface area contributed by atoms with Crippen molar-refractivity contribution in [2.45, 2.75) is 23.8 Å². The molecule has 126 valence electrons. The molecule has 0 radical (unpaired) electrons. The summed E-state index contributed by atoms with van der Waals surface area (Å²) in [6.07, 6.45) is 2.57. The molecule has 0 unspecified atom stereocenters. The number of carbonyl (C=O) groups is 1. The third kappa shape index (κ3) is 3.41. The van der Waals surface area contributed by atoms with E-state index >= 15 is 0 Å². The molecule has 1 amide bonds. The van der Waals surface area contributed by atoms with Gasteiger partial charge in [0.05, 0.1) is 4.90 Å². The fourth-order valence-electron chi connectivity index (χ4n) is 2.89. The second kappa shape index (κ2) is 6.22. The van der Waals surface area contributed by atoms with Crippen molar-refractivity contribution >= 4 is 15.9 Å². The van der Waals surface area contributed by atoms with Gasteiger partial charge in [0.2, 0.25) is 10.0 Å². The summed E-state index contributed by atoms with van der Waals surface area (Å²) in [6.45, 7) is 3.35. The molecule has 0 aromatic heterocycles. The van der Waals surface area contributed by atoms with Crippen LogP contribution in [0, 0.1) is 0 Å². The number of nitrogens with zero attached hydrogens (tertiary/aromatic N) is 3. The van der Waals surface area contributed by atoms with Crippen LogP contribution in [-0.4, -0.2) is 74.7 Å². The zero-order valence-corrected chi connectivity index (χ0v) is 14.4. The molecular formula is C16H23N3O3S. The van der Waals surface area contributed by atoms with Crippen molar-refractivity contribution in [3.8, 4) is 0 Å². The lowest BCUT2D eigenvalue weighted by atomic mass is 10.2. The van der Waals surface area contributed by atoms with Crippen molar-refractivity contribution in [2.24, 2.45) is 0 Å². The molecule has 1 heterocycles. The van der Waals surface area contributed by atoms with Crippen LogP contribution in [0.3, 0.4) is 0 Å². The summed E-state index contributed by atoms with van der Waals surface area (Å²) < 4.78 is 25.3. The minimum atomic E-state index is -3.45. The van der Waals surface area contributed by atoms with Crippen molar-refractivity contribution < 1.29 is 13.2 Å². The molecule has 3 rings (SSSR count). The van der Waals surface area contributed by atoms with E-state index in [-0.39, 0.29) is 10.8 Å². The van der Waals surface area contributed by atoms with E-state index in [1.54, 1.807) is 12.1 Å². The van der Waals surface area contributed by atoms with Gasteiger partial charge in [-0.05, 0) is 37.1 Å². The highest BCUT2D eigenvalue weighted by Gasteiger charge is 2.32. The van der Waals surface area contributed by atoms with Crippen LogP contribution < -0.4 is 0 Å². The fraction of sp³-hybridized carbons (Fsp3) is 0.562. The Labute approximate surface area is 137 Å². The van der Waals surface area contributed by atoms with Gasteiger partial charge in [0.25, 0.3) is 5.91 Å². The van der Waals surface area contributed by atoms with Gasteiger partial charge >= 0.3 is 0 Å². The van der Waals surface area contributed by atoms with Crippen LogP contribution in [0.5, 0.6) is 0 Å². The maximum Gasteiger partial charge on any atom is 0.253 e. The summed E-state index contributed by atoms with van der Waals surface area (Å²) in [5.74, 6) is -0.0192. The molecule has 6 nitrogen and oxygen atoms in total. The van der Waals surface area contributed by atoms with E-state index in [9.17, 15) is 13.2 Å². The Hall–Kier alpha value is -1.44. The van der Waals surface area contributed by atoms with Crippen molar-refractivity contribution in [2.75, 3.05) is 40.3 Å². The largest absolute Gasteiger partial charge is 0.336 e. The van der Waals surface area contributed by atoms with E-state index in [1.807, 2.05) is 4.90 Å². The smallest absolute Gasteiger partial charge is 0.253 e. The average Bonchev–Trinajstić information content (AvgIpc) is 3.39. The molecule has 0 bridgehead atoms. The van der Waals surface area contributed by atoms with Crippen LogP contribution in [0.1, 0.15) is 23.2 Å². The van der Waals surface area contributed by atoms with E-state index in [0.717, 1.165) is 32.2 Å². The Morgan fingerprint density at radius 2 is 1.61 bits per heavy atom. The van der Waals surface area contributed by atoms with Crippen LogP contribution in [0.25, 0.3) is 0 Å². The number of hydrogen-bond donors (Lipinski definition) is 0. The second-order valence-electron chi connectivity index (χ2n) is 6.37. The molecule has 0 N–H and O–H groups in total. The van der Waals surface area contributed by atoms with Gasteiger partial charge in [-0.15, -0.1) is 0 Å². The van der Waals surface area contributed by atoms with Gasteiger partial charge in [-0.1, -0.05) is 0 Å². The number of carbonyl (C=O) groups excluding carboxylic acids is 1. The van der Waals surface area contributed by atoms with Gasteiger partial charge < -0.3 is 4.90 Å². The molecule has 7 heteroatoms. The molecule has 1 aliphatic carbocycles. The molecule has 0 atom stereocenters. The van der Waals surface area contributed by atoms with Crippen LogP contribution in [0.2, 0.25) is 0 Å². The highest BCUT2D eigenvalue weighted by atomic mass is 32.2. The van der Waals surface area contributed by atoms with E-state index in [2.05, 4.69) is 4.90 Å². The Morgan fingerprint density at radius 1 is 1.04 bits per heavy atom. The van der Waals surface area contributed by atoms with Crippen LogP contribution in [0.4, 0.5) is 0 Å². The van der Waals surface area contributed by atoms with Crippen molar-refractivity contribution in [1.29, 1.82) is 0 Å². The third-order valence-electron chi connectivity index (χ3n) is 4.54. The zero-order chi connectivity index (χ0) is 16.6. The SMILES string of the molecule is CN(C)S(=O)(=O)c1ccc(C(=O)N2CCN(C3CC3)CC2)cc1. The van der Waals surface area contributed by atoms with Gasteiger partial charge in [0, 0.05) is 51.9 Å². The fourth-order valence-corrected chi connectivity index (χ4v) is 3.79. The Kier molecular flexibility index (Phi) is 4.44. The van der Waals surface area contributed by atoms with E-state index in [4.69, 9.17) is 0 Å². The number of amides is 1. The number of benzene rings is 1. The van der Waals surface area contributed by atoms with Gasteiger partial charge in [0.1, 0.15) is 0 Å². The molecule has 23 heavy (non-hydrogen) atoms. The first kappa shape index (κ1) is 16.4. The van der Waals surface area contributed by atoms with Crippen molar-refractivity contribution in [3.05, 3.63) is 29.8 Å². The first-order chi connectivity index (χ1) is 10.9. The predicted molar refractivity (Wildman–Crippen MR) is 87.8 cm³/mol. The second-order valence-corrected chi connectivity index (χ2v) is 8.52. The van der Waals surface area contributed by atoms with E-state index in [1.165, 1.54) is 43.4 Å². The first-order valence-electron chi connectivity index (χ1n) is 7.95. The molecule has 1 aromatic carbocycles. The summed E-state index contributed by atoms with van der Waals surface area (Å²) in [6, 6.07) is 6.95. The van der Waals surface area contributed by atoms with Gasteiger partial charge in [-0.25, -0.2) is 12.7 Å². The van der Waals surface area contributed by atoms with Crippen LogP contribution >= 0.6 is 0 Å². The molecular weight excluding hydrogens is 314 g/mol. The first-order valence-corrected chi connectivity index (χ1v) is 9.39. The molecule has 2 aliphatic rings. The molecule has 2 fully saturated rings. The zero-order valence-electron chi connectivity index (χ0n) is 13.6. The predicted octanol–water partition coefficient (Wildman–Crippen LogP) is 0.857. The highest BCUT2D eigenvalue weighted by molar-refractivity contribution is 7.89. The minimum absolute atomic E-state index is 0.0192. The Morgan fingerprint density at radius 3 is 2.09 bits per heavy atom. The molecule has 0 spiro atoms.